The molecule has 0 amide bonds. The average molecular weight is 970 g/mol. The predicted octanol–water partition coefficient (Wildman–Crippen LogP) is 11.5. The Morgan fingerprint density at radius 1 is 0.970 bits per heavy atom. The van der Waals surface area contributed by atoms with Crippen molar-refractivity contribution in [1.82, 2.24) is 14.6 Å². The van der Waals surface area contributed by atoms with Crippen molar-refractivity contribution in [2.24, 2.45) is 0 Å². The van der Waals surface area contributed by atoms with Crippen molar-refractivity contribution in [3.8, 4) is 17.9 Å². The number of phosphoric acid groups is 1. The first-order chi connectivity index (χ1) is 32.3. The second-order valence-corrected chi connectivity index (χ2v) is 19.6. The van der Waals surface area contributed by atoms with Crippen molar-refractivity contribution >= 4 is 30.8 Å². The number of nitrogens with two attached hydrogens (primary N) is 1. The molecule has 1 aliphatic heterocycles. The fourth-order valence-corrected chi connectivity index (χ4v) is 9.44. The van der Waals surface area contributed by atoms with Crippen LogP contribution in [0, 0.1) is 28.5 Å². The van der Waals surface area contributed by atoms with Gasteiger partial charge in [-0.2, -0.15) is 15.6 Å². The highest BCUT2D eigenvalue weighted by Crippen LogP contribution is 2.53. The molecule has 0 radical (unpaired) electrons. The number of aliphatic hydroxyl groups is 1. The summed E-state index contributed by atoms with van der Waals surface area (Å²) in [5.41, 5.74) is 5.64. The van der Waals surface area contributed by atoms with Gasteiger partial charge in [0.15, 0.2) is 11.6 Å². The van der Waals surface area contributed by atoms with E-state index >= 15 is 0 Å². The quantitative estimate of drug-likeness (QED) is 0.0265. The second-order valence-electron chi connectivity index (χ2n) is 17.6. The van der Waals surface area contributed by atoms with Crippen molar-refractivity contribution in [2.45, 2.75) is 160 Å². The van der Waals surface area contributed by atoms with Gasteiger partial charge in [-0.1, -0.05) is 121 Å². The SMILES string of the molecule is CCCCCCCCCCCCCCCCCOC[C@H](COP(=O)(OC[C@@]1(C#N)O[C@@H](c2ccc3c(N)ncnn23)C[C@@H]1OC(C)(C)O)Oc1ccccc1Cl)OCc1cc(F)cc(C#N)c1. The molecular weight excluding hydrogens is 902 g/mol. The summed E-state index contributed by atoms with van der Waals surface area (Å²) in [7, 11) is -4.74. The number of rotatable bonds is 32. The first kappa shape index (κ1) is 53.8. The normalized spacial score (nSPS) is 18.7. The van der Waals surface area contributed by atoms with Crippen molar-refractivity contribution in [3.05, 3.63) is 88.6 Å². The maximum atomic E-state index is 14.8. The molecule has 1 aliphatic rings. The van der Waals surface area contributed by atoms with Gasteiger partial charge in [0.2, 0.25) is 5.60 Å². The van der Waals surface area contributed by atoms with E-state index in [-0.39, 0.29) is 41.8 Å². The molecular formula is C49H67ClFN6O9P. The number of halogens is 2. The van der Waals surface area contributed by atoms with Gasteiger partial charge < -0.3 is 34.3 Å². The lowest BCUT2D eigenvalue weighted by Crippen LogP contribution is -2.47. The minimum atomic E-state index is -4.74. The third kappa shape index (κ3) is 17.4. The van der Waals surface area contributed by atoms with Crippen LogP contribution in [0.4, 0.5) is 10.2 Å². The Hall–Kier alpha value is -4.19. The van der Waals surface area contributed by atoms with Gasteiger partial charge in [0.1, 0.15) is 54.4 Å². The molecule has 67 heavy (non-hydrogen) atoms. The number of nitriles is 2. The van der Waals surface area contributed by atoms with Gasteiger partial charge in [-0.3, -0.25) is 9.05 Å². The lowest BCUT2D eigenvalue weighted by molar-refractivity contribution is -0.227. The van der Waals surface area contributed by atoms with Crippen molar-refractivity contribution in [3.63, 3.8) is 0 Å². The zero-order valence-electron chi connectivity index (χ0n) is 39.1. The van der Waals surface area contributed by atoms with Gasteiger partial charge in [0.25, 0.3) is 0 Å². The molecule has 366 valence electrons. The fraction of sp³-hybridized carbons (Fsp3) is 0.592. The van der Waals surface area contributed by atoms with E-state index < -0.39 is 56.6 Å². The van der Waals surface area contributed by atoms with E-state index in [4.69, 9.17) is 49.9 Å². The van der Waals surface area contributed by atoms with E-state index in [9.17, 15) is 24.6 Å². The minimum absolute atomic E-state index is 0.00111. The van der Waals surface area contributed by atoms with Crippen LogP contribution < -0.4 is 10.3 Å². The number of fused-ring (bicyclic) bond motifs is 1. The highest BCUT2D eigenvalue weighted by molar-refractivity contribution is 7.49. The summed E-state index contributed by atoms with van der Waals surface area (Å²) in [5.74, 6) is -2.12. The maximum Gasteiger partial charge on any atom is 0.530 e. The van der Waals surface area contributed by atoms with E-state index in [1.54, 1.807) is 24.3 Å². The van der Waals surface area contributed by atoms with Gasteiger partial charge in [-0.15, -0.1) is 0 Å². The van der Waals surface area contributed by atoms with Crippen LogP contribution >= 0.6 is 19.4 Å². The third-order valence-corrected chi connectivity index (χ3v) is 13.1. The number of phosphoric ester groups is 1. The van der Waals surface area contributed by atoms with Gasteiger partial charge in [0, 0.05) is 13.0 Å². The van der Waals surface area contributed by atoms with Crippen molar-refractivity contribution in [1.29, 1.82) is 10.5 Å². The summed E-state index contributed by atoms with van der Waals surface area (Å²) in [6, 6.07) is 17.7. The zero-order chi connectivity index (χ0) is 48.1. The number of para-hydroxylation sites is 1. The molecule has 2 aromatic heterocycles. The summed E-state index contributed by atoms with van der Waals surface area (Å²) in [6.45, 7) is 4.24. The van der Waals surface area contributed by atoms with Crippen LogP contribution in [0.3, 0.4) is 0 Å². The molecule has 3 N–H and O–H groups in total. The molecule has 0 aliphatic carbocycles. The number of benzene rings is 2. The lowest BCUT2D eigenvalue weighted by Gasteiger charge is -2.32. The van der Waals surface area contributed by atoms with Crippen LogP contribution in [0.15, 0.2) is 60.9 Å². The first-order valence-corrected chi connectivity index (χ1v) is 25.4. The topological polar surface area (TPSA) is 206 Å². The molecule has 5 rings (SSSR count). The Labute approximate surface area is 399 Å². The van der Waals surface area contributed by atoms with Gasteiger partial charge >= 0.3 is 7.82 Å². The number of hydrogen-bond acceptors (Lipinski definition) is 14. The third-order valence-electron chi connectivity index (χ3n) is 11.4. The van der Waals surface area contributed by atoms with Gasteiger partial charge in [-0.25, -0.2) is 18.5 Å². The smallest absolute Gasteiger partial charge is 0.402 e. The number of nitrogens with zero attached hydrogens (tertiary/aromatic N) is 5. The van der Waals surface area contributed by atoms with Crippen LogP contribution in [0.25, 0.3) is 5.52 Å². The van der Waals surface area contributed by atoms with Crippen LogP contribution in [0.2, 0.25) is 5.02 Å². The summed E-state index contributed by atoms with van der Waals surface area (Å²) < 4.78 is 73.1. The first-order valence-electron chi connectivity index (χ1n) is 23.6. The number of aromatic nitrogens is 3. The van der Waals surface area contributed by atoms with Crippen LogP contribution in [0.1, 0.15) is 146 Å². The van der Waals surface area contributed by atoms with E-state index in [1.165, 1.54) is 126 Å². The lowest BCUT2D eigenvalue weighted by atomic mass is 9.98. The number of anilines is 1. The van der Waals surface area contributed by atoms with E-state index in [0.717, 1.165) is 25.3 Å². The van der Waals surface area contributed by atoms with Gasteiger partial charge in [0.05, 0.1) is 42.2 Å². The largest absolute Gasteiger partial charge is 0.530 e. The summed E-state index contributed by atoms with van der Waals surface area (Å²) in [5, 5.41) is 35.4. The molecule has 1 unspecified atom stereocenters. The standard InChI is InChI=1S/C49H67ClFN6O9P/c1-4-5-6-7-8-9-10-11-12-13-14-15-16-17-20-25-60-32-40(61-31-38-26-37(30-52)27-39(51)28-38)33-62-67(59,66-44-22-19-18-21-41(44)50)63-35-49(34-53)46(65-48(2,3)58)29-45(64-49)42-23-24-43-47(54)55-36-56-57(42)43/h18-19,21-24,26-28,36,40,45-46,58H,4-17,20,25,29,31-33,35H2,1-3H3,(H2,54,55,56)/t40-,45-,46+,49-,67?/m1/s1. The maximum absolute atomic E-state index is 14.8. The second kappa shape index (κ2) is 27.1. The molecule has 1 fully saturated rings. The van der Waals surface area contributed by atoms with E-state index in [0.29, 0.717) is 23.4 Å². The molecule has 2 aromatic carbocycles. The molecule has 3 heterocycles. The molecule has 18 heteroatoms. The monoisotopic (exact) mass is 968 g/mol. The molecule has 15 nitrogen and oxygen atoms in total. The number of ether oxygens (including phenoxy) is 4. The Morgan fingerprint density at radius 2 is 1.64 bits per heavy atom. The minimum Gasteiger partial charge on any atom is -0.402 e. The zero-order valence-corrected chi connectivity index (χ0v) is 40.7. The Bertz CT molecular complexity index is 2270. The van der Waals surface area contributed by atoms with Crippen LogP contribution in [-0.4, -0.2) is 69.7 Å². The molecule has 0 bridgehead atoms. The Morgan fingerprint density at radius 3 is 2.28 bits per heavy atom. The Balaban J connectivity index is 1.23. The molecule has 5 atom stereocenters. The predicted molar refractivity (Wildman–Crippen MR) is 252 cm³/mol. The van der Waals surface area contributed by atoms with E-state index in [1.807, 2.05) is 6.07 Å². The summed E-state index contributed by atoms with van der Waals surface area (Å²) in [6.07, 6.45) is 17.1. The number of hydrogen-bond donors (Lipinski definition) is 2. The fourth-order valence-electron chi connectivity index (χ4n) is 7.94. The number of nitrogen functional groups attached to an aromatic ring is 1. The molecule has 0 spiro atoms. The molecule has 1 saturated heterocycles. The van der Waals surface area contributed by atoms with Crippen LogP contribution in [-0.2, 0) is 39.2 Å². The van der Waals surface area contributed by atoms with Crippen LogP contribution in [0.5, 0.6) is 5.75 Å². The highest BCUT2D eigenvalue weighted by Gasteiger charge is 2.55. The van der Waals surface area contributed by atoms with E-state index in [2.05, 4.69) is 23.1 Å². The molecule has 4 aromatic rings. The summed E-state index contributed by atoms with van der Waals surface area (Å²) in [4.78, 5) is 4.04. The van der Waals surface area contributed by atoms with Crippen molar-refractivity contribution in [2.75, 3.05) is 32.2 Å². The average Bonchev–Trinajstić information content (AvgIpc) is 3.89. The number of unbranched alkanes of at least 4 members (excludes halogenated alkanes) is 14. The van der Waals surface area contributed by atoms with Gasteiger partial charge in [-0.05, 0) is 68.3 Å². The summed E-state index contributed by atoms with van der Waals surface area (Å²) >= 11 is 6.44. The molecule has 0 saturated carbocycles. The Kier molecular flexibility index (Phi) is 21.8. The van der Waals surface area contributed by atoms with Crippen molar-refractivity contribution < 1.29 is 46.6 Å². The highest BCUT2D eigenvalue weighted by atomic mass is 35.5.